The van der Waals surface area contributed by atoms with Crippen LogP contribution in [0, 0.1) is 10.1 Å². The molecule has 2 rings (SSSR count). The van der Waals surface area contributed by atoms with Crippen molar-refractivity contribution in [1.82, 2.24) is 9.55 Å². The number of carbonyl (C=O) groups excluding carboxylic acids is 1. The molecule has 114 valence electrons. The Kier molecular flexibility index (Phi) is 4.48. The van der Waals surface area contributed by atoms with Crippen LogP contribution < -0.4 is 0 Å². The van der Waals surface area contributed by atoms with E-state index in [2.05, 4.69) is 4.98 Å². The van der Waals surface area contributed by atoms with Gasteiger partial charge in [0.25, 0.3) is 0 Å². The molecule has 2 aromatic rings. The minimum atomic E-state index is -0.770. The lowest BCUT2D eigenvalue weighted by molar-refractivity contribution is -0.385. The Morgan fingerprint density at radius 1 is 1.45 bits per heavy atom. The summed E-state index contributed by atoms with van der Waals surface area (Å²) in [5.74, 6) is -0.997. The van der Waals surface area contributed by atoms with E-state index >= 15 is 0 Å². The molecule has 0 radical (unpaired) electrons. The van der Waals surface area contributed by atoms with Crippen LogP contribution in [0.2, 0.25) is 10.4 Å². The molecule has 22 heavy (non-hydrogen) atoms. The summed E-state index contributed by atoms with van der Waals surface area (Å²) in [5.41, 5.74) is -0.0562. The molecule has 0 atom stereocenters. The number of ketones is 1. The van der Waals surface area contributed by atoms with Crippen LogP contribution in [-0.4, -0.2) is 25.4 Å². The molecule has 0 aliphatic carbocycles. The van der Waals surface area contributed by atoms with Gasteiger partial charge in [-0.3, -0.25) is 14.9 Å². The summed E-state index contributed by atoms with van der Waals surface area (Å²) in [7, 11) is 1.62. The van der Waals surface area contributed by atoms with Crippen LogP contribution in [0.15, 0.2) is 24.3 Å². The smallest absolute Gasteiger partial charge is 0.311 e. The molecule has 0 saturated heterocycles. The number of rotatable bonds is 4. The molecule has 7 nitrogen and oxygen atoms in total. The molecular weight excluding hydrogens is 333 g/mol. The number of imidazole rings is 1. The normalized spacial score (nSPS) is 11.0. The average molecular weight is 342 g/mol. The predicted octanol–water partition coefficient (Wildman–Crippen LogP) is 3.24. The lowest BCUT2D eigenvalue weighted by Gasteiger charge is -2.00. The number of halogens is 2. The number of carbonyl (C=O) groups is 1. The molecule has 0 fully saturated rings. The van der Waals surface area contributed by atoms with Gasteiger partial charge in [-0.2, -0.15) is 0 Å². The van der Waals surface area contributed by atoms with Gasteiger partial charge in [0.15, 0.2) is 16.7 Å². The Hall–Kier alpha value is -2.38. The minimum Gasteiger partial charge on any atom is -0.502 e. The molecule has 0 amide bonds. The van der Waals surface area contributed by atoms with Gasteiger partial charge in [-0.25, -0.2) is 4.98 Å². The molecule has 9 heteroatoms. The van der Waals surface area contributed by atoms with Crippen LogP contribution >= 0.6 is 23.2 Å². The highest BCUT2D eigenvalue weighted by Gasteiger charge is 2.16. The zero-order chi connectivity index (χ0) is 16.4. The van der Waals surface area contributed by atoms with Crippen molar-refractivity contribution in [3.8, 4) is 5.75 Å². The van der Waals surface area contributed by atoms with Gasteiger partial charge in [0, 0.05) is 18.7 Å². The van der Waals surface area contributed by atoms with E-state index in [-0.39, 0.29) is 16.0 Å². The van der Waals surface area contributed by atoms with Gasteiger partial charge < -0.3 is 9.67 Å². The Morgan fingerprint density at radius 3 is 2.68 bits per heavy atom. The first-order valence-corrected chi connectivity index (χ1v) is 6.64. The van der Waals surface area contributed by atoms with Crippen LogP contribution in [0.3, 0.4) is 0 Å². The van der Waals surface area contributed by atoms with Crippen molar-refractivity contribution in [3.05, 3.63) is 56.1 Å². The minimum absolute atomic E-state index is 0.0603. The van der Waals surface area contributed by atoms with Crippen LogP contribution in [0.1, 0.15) is 16.1 Å². The van der Waals surface area contributed by atoms with E-state index in [9.17, 15) is 20.0 Å². The highest BCUT2D eigenvalue weighted by molar-refractivity contribution is 6.33. The third-order valence-electron chi connectivity index (χ3n) is 2.89. The summed E-state index contributed by atoms with van der Waals surface area (Å²) in [6, 6.07) is 3.37. The molecule has 0 saturated carbocycles. The Balaban J connectivity index is 2.31. The van der Waals surface area contributed by atoms with Gasteiger partial charge >= 0.3 is 5.69 Å². The fraction of sp³-hybridized carbons (Fsp3) is 0.0769. The number of aromatic nitrogens is 2. The molecule has 1 N–H and O–H groups in total. The summed E-state index contributed by atoms with van der Waals surface area (Å²) >= 11 is 11.7. The first-order valence-electron chi connectivity index (χ1n) is 5.88. The molecule has 0 aliphatic heterocycles. The second-order valence-corrected chi connectivity index (χ2v) is 4.97. The summed E-state index contributed by atoms with van der Waals surface area (Å²) in [6.07, 6.45) is 2.59. The quantitative estimate of drug-likeness (QED) is 0.398. The van der Waals surface area contributed by atoms with E-state index in [0.29, 0.717) is 5.69 Å². The van der Waals surface area contributed by atoms with Crippen LogP contribution in [-0.2, 0) is 7.05 Å². The SMILES string of the molecule is Cn1c(Cl)nc(Cl)c1C=CC(=O)c1ccc(O)c([N+](=O)[O-])c1. The maximum atomic E-state index is 12.0. The number of phenolic OH excluding ortho intramolecular Hbond substituents is 1. The van der Waals surface area contributed by atoms with Crippen molar-refractivity contribution in [2.45, 2.75) is 0 Å². The first kappa shape index (κ1) is 16.0. The predicted molar refractivity (Wildman–Crippen MR) is 81.4 cm³/mol. The third kappa shape index (κ3) is 3.10. The Bertz CT molecular complexity index is 799. The van der Waals surface area contributed by atoms with Crippen molar-refractivity contribution < 1.29 is 14.8 Å². The molecule has 0 bridgehead atoms. The topological polar surface area (TPSA) is 98.3 Å². The van der Waals surface area contributed by atoms with Crippen molar-refractivity contribution in [2.75, 3.05) is 0 Å². The number of nitro benzene ring substituents is 1. The number of benzene rings is 1. The molecule has 1 heterocycles. The number of allylic oxidation sites excluding steroid dienone is 1. The molecule has 0 aliphatic rings. The van der Waals surface area contributed by atoms with E-state index in [0.717, 1.165) is 12.1 Å². The molecule has 0 spiro atoms. The first-order chi connectivity index (χ1) is 10.3. The van der Waals surface area contributed by atoms with Gasteiger partial charge in [0.1, 0.15) is 0 Å². The monoisotopic (exact) mass is 341 g/mol. The van der Waals surface area contributed by atoms with E-state index in [1.54, 1.807) is 7.05 Å². The van der Waals surface area contributed by atoms with Crippen LogP contribution in [0.25, 0.3) is 6.08 Å². The number of hydrogen-bond acceptors (Lipinski definition) is 5. The van der Waals surface area contributed by atoms with Crippen LogP contribution in [0.5, 0.6) is 5.75 Å². The summed E-state index contributed by atoms with van der Waals surface area (Å²) in [4.78, 5) is 25.8. The lowest BCUT2D eigenvalue weighted by atomic mass is 10.1. The zero-order valence-electron chi connectivity index (χ0n) is 11.2. The van der Waals surface area contributed by atoms with Gasteiger partial charge in [-0.1, -0.05) is 11.6 Å². The average Bonchev–Trinajstić information content (AvgIpc) is 2.70. The number of phenols is 1. The van der Waals surface area contributed by atoms with Crippen molar-refractivity contribution in [2.24, 2.45) is 7.05 Å². The summed E-state index contributed by atoms with van der Waals surface area (Å²) in [5, 5.41) is 20.4. The van der Waals surface area contributed by atoms with E-state index in [4.69, 9.17) is 23.2 Å². The van der Waals surface area contributed by atoms with Crippen molar-refractivity contribution in [3.63, 3.8) is 0 Å². The van der Waals surface area contributed by atoms with Crippen molar-refractivity contribution in [1.29, 1.82) is 0 Å². The number of hydrogen-bond donors (Lipinski definition) is 1. The molecular formula is C13H9Cl2N3O4. The fourth-order valence-corrected chi connectivity index (χ4v) is 2.19. The largest absolute Gasteiger partial charge is 0.502 e. The summed E-state index contributed by atoms with van der Waals surface area (Å²) in [6.45, 7) is 0. The van der Waals surface area contributed by atoms with Gasteiger partial charge in [-0.15, -0.1) is 0 Å². The second-order valence-electron chi connectivity index (χ2n) is 4.27. The fourth-order valence-electron chi connectivity index (χ4n) is 1.71. The third-order valence-corrected chi connectivity index (χ3v) is 3.51. The van der Waals surface area contributed by atoms with Gasteiger partial charge in [-0.05, 0) is 35.9 Å². The van der Waals surface area contributed by atoms with Gasteiger partial charge in [0.2, 0.25) is 5.28 Å². The van der Waals surface area contributed by atoms with Crippen LogP contribution in [0.4, 0.5) is 5.69 Å². The Labute approximate surface area is 134 Å². The second kappa shape index (κ2) is 6.17. The molecule has 1 aromatic carbocycles. The highest BCUT2D eigenvalue weighted by atomic mass is 35.5. The van der Waals surface area contributed by atoms with E-state index < -0.39 is 22.1 Å². The summed E-state index contributed by atoms with van der Waals surface area (Å²) < 4.78 is 1.48. The maximum Gasteiger partial charge on any atom is 0.311 e. The molecule has 0 unspecified atom stereocenters. The maximum absolute atomic E-state index is 12.0. The number of aromatic hydroxyl groups is 1. The Morgan fingerprint density at radius 2 is 2.14 bits per heavy atom. The van der Waals surface area contributed by atoms with E-state index in [1.807, 2.05) is 0 Å². The van der Waals surface area contributed by atoms with Crippen molar-refractivity contribution >= 4 is 40.7 Å². The number of nitro groups is 1. The standard InChI is InChI=1S/C13H9Cl2N3O4/c1-17-8(12(14)16-13(17)15)3-5-10(19)7-2-4-11(20)9(6-7)18(21)22/h2-6,20H,1H3. The number of nitrogens with zero attached hydrogens (tertiary/aromatic N) is 3. The van der Waals surface area contributed by atoms with E-state index in [1.165, 1.54) is 22.8 Å². The lowest BCUT2D eigenvalue weighted by Crippen LogP contribution is -1.98. The molecule has 1 aromatic heterocycles. The zero-order valence-corrected chi connectivity index (χ0v) is 12.7. The highest BCUT2D eigenvalue weighted by Crippen LogP contribution is 2.27. The van der Waals surface area contributed by atoms with Gasteiger partial charge in [0.05, 0.1) is 10.6 Å².